The summed E-state index contributed by atoms with van der Waals surface area (Å²) in [6.07, 6.45) is 0.288. The second-order valence-corrected chi connectivity index (χ2v) is 3.03. The Morgan fingerprint density at radius 3 is 2.92 bits per heavy atom. The Morgan fingerprint density at radius 1 is 1.75 bits per heavy atom. The second-order valence-electron chi connectivity index (χ2n) is 3.03. The van der Waals surface area contributed by atoms with E-state index in [9.17, 15) is 4.79 Å². The topological polar surface area (TPSA) is 55.8 Å². The third-order valence-electron chi connectivity index (χ3n) is 2.13. The average Bonchev–Trinajstić information content (AvgIpc) is 2.45. The Morgan fingerprint density at radius 2 is 2.42 bits per heavy atom. The molecular formula is C8H14O4. The number of ether oxygens (including phenoxy) is 2. The van der Waals surface area contributed by atoms with Gasteiger partial charge < -0.3 is 14.6 Å². The third-order valence-corrected chi connectivity index (χ3v) is 2.13. The summed E-state index contributed by atoms with van der Waals surface area (Å²) in [6.45, 7) is 1.76. The summed E-state index contributed by atoms with van der Waals surface area (Å²) in [5, 5.41) is 8.87. The smallest absolute Gasteiger partial charge is 0.311 e. The molecule has 0 aromatic carbocycles. The van der Waals surface area contributed by atoms with Crippen molar-refractivity contribution in [3.63, 3.8) is 0 Å². The first-order valence-electron chi connectivity index (χ1n) is 4.03. The molecule has 0 bridgehead atoms. The van der Waals surface area contributed by atoms with Crippen LogP contribution in [-0.2, 0) is 14.3 Å². The van der Waals surface area contributed by atoms with Crippen LogP contribution in [0.15, 0.2) is 0 Å². The minimum absolute atomic E-state index is 0.0336. The van der Waals surface area contributed by atoms with Crippen molar-refractivity contribution >= 4 is 5.97 Å². The number of aliphatic hydroxyl groups is 1. The number of aliphatic hydroxyl groups excluding tert-OH is 1. The number of rotatable bonds is 2. The maximum absolute atomic E-state index is 11.1. The van der Waals surface area contributed by atoms with Gasteiger partial charge in [-0.25, -0.2) is 0 Å². The lowest BCUT2D eigenvalue weighted by molar-refractivity contribution is -0.148. The highest BCUT2D eigenvalue weighted by Crippen LogP contribution is 2.26. The summed E-state index contributed by atoms with van der Waals surface area (Å²) in [7, 11) is 1.35. The van der Waals surface area contributed by atoms with Gasteiger partial charge in [-0.05, 0) is 13.3 Å². The Kier molecular flexibility index (Phi) is 3.05. The van der Waals surface area contributed by atoms with E-state index < -0.39 is 0 Å². The van der Waals surface area contributed by atoms with E-state index in [4.69, 9.17) is 9.84 Å². The Bertz CT molecular complexity index is 168. The number of hydrogen-bond donors (Lipinski definition) is 1. The summed E-state index contributed by atoms with van der Waals surface area (Å²) in [6, 6.07) is 0. The van der Waals surface area contributed by atoms with Crippen LogP contribution in [0.4, 0.5) is 0 Å². The lowest BCUT2D eigenvalue weighted by Crippen LogP contribution is -2.28. The van der Waals surface area contributed by atoms with Crippen LogP contribution in [0.3, 0.4) is 0 Å². The number of carbonyl (C=O) groups excluding carboxylic acids is 1. The molecule has 4 heteroatoms. The molecule has 1 heterocycles. The van der Waals surface area contributed by atoms with Crippen molar-refractivity contribution in [3.8, 4) is 0 Å². The van der Waals surface area contributed by atoms with Crippen LogP contribution in [0, 0.1) is 5.92 Å². The van der Waals surface area contributed by atoms with Crippen molar-refractivity contribution < 1.29 is 19.4 Å². The molecule has 0 radical (unpaired) electrons. The van der Waals surface area contributed by atoms with E-state index in [1.807, 2.05) is 6.92 Å². The summed E-state index contributed by atoms with van der Waals surface area (Å²) in [4.78, 5) is 11.1. The van der Waals surface area contributed by atoms with E-state index in [0.717, 1.165) is 0 Å². The Balaban J connectivity index is 2.57. The van der Waals surface area contributed by atoms with Gasteiger partial charge in [-0.15, -0.1) is 0 Å². The van der Waals surface area contributed by atoms with E-state index in [2.05, 4.69) is 4.74 Å². The fourth-order valence-electron chi connectivity index (χ4n) is 1.53. The molecular weight excluding hydrogens is 160 g/mol. The monoisotopic (exact) mass is 174 g/mol. The number of methoxy groups -OCH3 is 1. The maximum Gasteiger partial charge on any atom is 0.311 e. The third kappa shape index (κ3) is 1.76. The minimum atomic E-state index is -0.382. The zero-order chi connectivity index (χ0) is 9.14. The van der Waals surface area contributed by atoms with Crippen LogP contribution >= 0.6 is 0 Å². The molecule has 1 saturated heterocycles. The minimum Gasteiger partial charge on any atom is -0.469 e. The van der Waals surface area contributed by atoms with Crippen LogP contribution in [0.25, 0.3) is 0 Å². The predicted octanol–water partition coefficient (Wildman–Crippen LogP) is -0.0547. The quantitative estimate of drug-likeness (QED) is 0.596. The summed E-state index contributed by atoms with van der Waals surface area (Å²) in [5.41, 5.74) is 0. The van der Waals surface area contributed by atoms with Crippen molar-refractivity contribution in [1.82, 2.24) is 0 Å². The Labute approximate surface area is 71.5 Å². The number of esters is 1. The van der Waals surface area contributed by atoms with Crippen LogP contribution in [0.2, 0.25) is 0 Å². The lowest BCUT2D eigenvalue weighted by atomic mass is 10.0. The fourth-order valence-corrected chi connectivity index (χ4v) is 1.53. The molecule has 0 spiro atoms. The first-order chi connectivity index (χ1) is 5.69. The van der Waals surface area contributed by atoms with Gasteiger partial charge in [0.25, 0.3) is 0 Å². The van der Waals surface area contributed by atoms with Gasteiger partial charge in [0.05, 0.1) is 31.8 Å². The molecule has 1 aliphatic rings. The van der Waals surface area contributed by atoms with Crippen molar-refractivity contribution in [1.29, 1.82) is 0 Å². The van der Waals surface area contributed by atoms with Gasteiger partial charge in [-0.2, -0.15) is 0 Å². The predicted molar refractivity (Wildman–Crippen MR) is 41.5 cm³/mol. The van der Waals surface area contributed by atoms with Crippen LogP contribution in [-0.4, -0.2) is 37.0 Å². The maximum atomic E-state index is 11.1. The van der Waals surface area contributed by atoms with E-state index in [-0.39, 0.29) is 30.7 Å². The van der Waals surface area contributed by atoms with Gasteiger partial charge in [0.2, 0.25) is 0 Å². The molecule has 0 aromatic rings. The first kappa shape index (κ1) is 9.48. The molecule has 4 nitrogen and oxygen atoms in total. The normalized spacial score (nSPS) is 35.1. The van der Waals surface area contributed by atoms with Crippen LogP contribution < -0.4 is 0 Å². The van der Waals surface area contributed by atoms with Crippen molar-refractivity contribution in [2.45, 2.75) is 25.6 Å². The highest BCUT2D eigenvalue weighted by molar-refractivity contribution is 5.73. The van der Waals surface area contributed by atoms with Crippen molar-refractivity contribution in [3.05, 3.63) is 0 Å². The molecule has 12 heavy (non-hydrogen) atoms. The molecule has 0 aliphatic carbocycles. The molecule has 0 aromatic heterocycles. The molecule has 1 rings (SSSR count). The largest absolute Gasteiger partial charge is 0.469 e. The summed E-state index contributed by atoms with van der Waals surface area (Å²) < 4.78 is 9.88. The number of hydrogen-bond acceptors (Lipinski definition) is 4. The molecule has 70 valence electrons. The van der Waals surface area contributed by atoms with Gasteiger partial charge >= 0.3 is 5.97 Å². The highest BCUT2D eigenvalue weighted by Gasteiger charge is 2.38. The van der Waals surface area contributed by atoms with E-state index in [0.29, 0.717) is 6.42 Å². The molecule has 1 aliphatic heterocycles. The fraction of sp³-hybridized carbons (Fsp3) is 0.875. The van der Waals surface area contributed by atoms with E-state index >= 15 is 0 Å². The first-order valence-corrected chi connectivity index (χ1v) is 4.03. The number of carbonyl (C=O) groups is 1. The zero-order valence-electron chi connectivity index (χ0n) is 7.32. The highest BCUT2D eigenvalue weighted by atomic mass is 16.5. The molecule has 0 amide bonds. The average molecular weight is 174 g/mol. The zero-order valence-corrected chi connectivity index (χ0v) is 7.32. The van der Waals surface area contributed by atoms with Crippen molar-refractivity contribution in [2.24, 2.45) is 5.92 Å². The van der Waals surface area contributed by atoms with Crippen LogP contribution in [0.5, 0.6) is 0 Å². The van der Waals surface area contributed by atoms with Gasteiger partial charge in [-0.1, -0.05) is 0 Å². The van der Waals surface area contributed by atoms with Gasteiger partial charge in [0, 0.05) is 0 Å². The molecule has 0 saturated carbocycles. The van der Waals surface area contributed by atoms with Gasteiger partial charge in [0.1, 0.15) is 0 Å². The van der Waals surface area contributed by atoms with E-state index in [1.54, 1.807) is 0 Å². The van der Waals surface area contributed by atoms with E-state index in [1.165, 1.54) is 7.11 Å². The Hall–Kier alpha value is -0.610. The molecule has 1 N–H and O–H groups in total. The summed E-state index contributed by atoms with van der Waals surface area (Å²) in [5.74, 6) is -0.589. The lowest BCUT2D eigenvalue weighted by Gasteiger charge is -2.12. The van der Waals surface area contributed by atoms with Gasteiger partial charge in [0.15, 0.2) is 0 Å². The second kappa shape index (κ2) is 3.87. The molecule has 3 atom stereocenters. The molecule has 0 unspecified atom stereocenters. The van der Waals surface area contributed by atoms with Crippen molar-refractivity contribution in [2.75, 3.05) is 13.7 Å². The summed E-state index contributed by atoms with van der Waals surface area (Å²) >= 11 is 0. The van der Waals surface area contributed by atoms with Crippen LogP contribution in [0.1, 0.15) is 13.3 Å². The molecule has 1 fully saturated rings. The standard InChI is InChI=1S/C8H14O4/c1-5-3-6(8(10)11-2)7(4-9)12-5/h5-7,9H,3-4H2,1-2H3/t5-,6-,7-/m1/s1. The van der Waals surface area contributed by atoms with Gasteiger partial charge in [-0.3, -0.25) is 4.79 Å². The SMILES string of the molecule is COC(=O)[C@@H]1C[C@@H](C)O[C@@H]1CO.